The number of rotatable bonds is 3. The van der Waals surface area contributed by atoms with Crippen LogP contribution in [0.2, 0.25) is 0 Å². The predicted octanol–water partition coefficient (Wildman–Crippen LogP) is 1.84. The Labute approximate surface area is 90.7 Å². The molecule has 82 valence electrons. The van der Waals surface area contributed by atoms with Crippen LogP contribution in [-0.2, 0) is 6.42 Å². The molecule has 0 spiro atoms. The molecule has 0 saturated heterocycles. The van der Waals surface area contributed by atoms with Crippen molar-refractivity contribution in [2.75, 3.05) is 0 Å². The molecule has 0 aliphatic rings. The van der Waals surface area contributed by atoms with Gasteiger partial charge >= 0.3 is 5.97 Å². The second-order valence-corrected chi connectivity index (χ2v) is 3.38. The molecule has 0 saturated carbocycles. The van der Waals surface area contributed by atoms with Gasteiger partial charge in [0.25, 0.3) is 0 Å². The number of benzene rings is 1. The van der Waals surface area contributed by atoms with E-state index >= 15 is 0 Å². The van der Waals surface area contributed by atoms with Crippen LogP contribution >= 0.6 is 0 Å². The van der Waals surface area contributed by atoms with Crippen molar-refractivity contribution in [1.29, 1.82) is 0 Å². The van der Waals surface area contributed by atoms with Gasteiger partial charge in [-0.3, -0.25) is 5.10 Å². The van der Waals surface area contributed by atoms with Crippen molar-refractivity contribution in [2.45, 2.75) is 6.42 Å². The molecule has 2 aromatic rings. The van der Waals surface area contributed by atoms with E-state index in [1.165, 1.54) is 18.3 Å². The molecule has 1 heterocycles. The van der Waals surface area contributed by atoms with E-state index in [0.29, 0.717) is 12.0 Å². The molecule has 0 amide bonds. The Hall–Kier alpha value is -2.17. The van der Waals surface area contributed by atoms with Crippen LogP contribution < -0.4 is 0 Å². The lowest BCUT2D eigenvalue weighted by Gasteiger charge is -2.00. The van der Waals surface area contributed by atoms with E-state index in [0.717, 1.165) is 5.56 Å². The molecule has 0 unspecified atom stereocenters. The van der Waals surface area contributed by atoms with Crippen LogP contribution in [0, 0.1) is 5.82 Å². The largest absolute Gasteiger partial charge is 0.477 e. The van der Waals surface area contributed by atoms with Gasteiger partial charge in [0.15, 0.2) is 0 Å². The Morgan fingerprint density at radius 1 is 1.38 bits per heavy atom. The van der Waals surface area contributed by atoms with Crippen LogP contribution in [0.15, 0.2) is 30.5 Å². The Morgan fingerprint density at radius 3 is 2.69 bits per heavy atom. The van der Waals surface area contributed by atoms with Crippen LogP contribution in [0.3, 0.4) is 0 Å². The van der Waals surface area contributed by atoms with E-state index in [-0.39, 0.29) is 11.5 Å². The standard InChI is InChI=1S/C11H9FN2O2/c12-9-3-1-7(2-4-9)5-8-6-13-14-10(8)11(15)16/h1-4,6H,5H2,(H,13,14)(H,15,16). The quantitative estimate of drug-likeness (QED) is 0.829. The second-order valence-electron chi connectivity index (χ2n) is 3.38. The summed E-state index contributed by atoms with van der Waals surface area (Å²) in [6.07, 6.45) is 1.88. The number of halogens is 1. The monoisotopic (exact) mass is 220 g/mol. The fourth-order valence-corrected chi connectivity index (χ4v) is 1.45. The number of carboxylic acids is 1. The SMILES string of the molecule is O=C(O)c1[nH]ncc1Cc1ccc(F)cc1. The zero-order valence-electron chi connectivity index (χ0n) is 8.27. The smallest absolute Gasteiger partial charge is 0.354 e. The third-order valence-corrected chi connectivity index (χ3v) is 2.24. The van der Waals surface area contributed by atoms with Crippen LogP contribution in [-0.4, -0.2) is 21.3 Å². The Balaban J connectivity index is 2.23. The van der Waals surface area contributed by atoms with Gasteiger partial charge in [0.05, 0.1) is 6.20 Å². The van der Waals surface area contributed by atoms with E-state index in [1.807, 2.05) is 0 Å². The zero-order chi connectivity index (χ0) is 11.5. The minimum Gasteiger partial charge on any atom is -0.477 e. The number of nitrogens with one attached hydrogen (secondary N) is 1. The maximum Gasteiger partial charge on any atom is 0.354 e. The minimum absolute atomic E-state index is 0.0734. The highest BCUT2D eigenvalue weighted by Crippen LogP contribution is 2.12. The van der Waals surface area contributed by atoms with E-state index < -0.39 is 5.97 Å². The van der Waals surface area contributed by atoms with Crippen LogP contribution in [0.1, 0.15) is 21.6 Å². The van der Waals surface area contributed by atoms with Gasteiger partial charge in [-0.1, -0.05) is 12.1 Å². The fourth-order valence-electron chi connectivity index (χ4n) is 1.45. The molecule has 5 heteroatoms. The average molecular weight is 220 g/mol. The van der Waals surface area contributed by atoms with Gasteiger partial charge in [-0.25, -0.2) is 9.18 Å². The highest BCUT2D eigenvalue weighted by atomic mass is 19.1. The first-order valence-electron chi connectivity index (χ1n) is 4.67. The molecule has 0 aliphatic heterocycles. The number of aromatic carboxylic acids is 1. The summed E-state index contributed by atoms with van der Waals surface area (Å²) in [5, 5.41) is 14.9. The van der Waals surface area contributed by atoms with Crippen LogP contribution in [0.5, 0.6) is 0 Å². The van der Waals surface area contributed by atoms with Crippen molar-refractivity contribution >= 4 is 5.97 Å². The molecular formula is C11H9FN2O2. The summed E-state index contributed by atoms with van der Waals surface area (Å²) in [6.45, 7) is 0. The normalized spacial score (nSPS) is 10.3. The van der Waals surface area contributed by atoms with Gasteiger partial charge in [-0.05, 0) is 17.7 Å². The maximum absolute atomic E-state index is 12.7. The zero-order valence-corrected chi connectivity index (χ0v) is 8.27. The summed E-state index contributed by atoms with van der Waals surface area (Å²) in [5.74, 6) is -1.36. The predicted molar refractivity (Wildman–Crippen MR) is 54.8 cm³/mol. The van der Waals surface area contributed by atoms with E-state index in [4.69, 9.17) is 5.11 Å². The van der Waals surface area contributed by atoms with Gasteiger partial charge in [0.2, 0.25) is 0 Å². The highest BCUT2D eigenvalue weighted by molar-refractivity contribution is 5.87. The molecule has 0 aliphatic carbocycles. The third-order valence-electron chi connectivity index (χ3n) is 2.24. The molecule has 0 bridgehead atoms. The maximum atomic E-state index is 12.7. The first-order valence-corrected chi connectivity index (χ1v) is 4.67. The topological polar surface area (TPSA) is 66.0 Å². The lowest BCUT2D eigenvalue weighted by molar-refractivity contribution is 0.0689. The van der Waals surface area contributed by atoms with Crippen molar-refractivity contribution in [3.05, 3.63) is 53.1 Å². The van der Waals surface area contributed by atoms with Crippen molar-refractivity contribution in [3.63, 3.8) is 0 Å². The summed E-state index contributed by atoms with van der Waals surface area (Å²) < 4.78 is 12.7. The molecule has 0 atom stereocenters. The first-order chi connectivity index (χ1) is 7.66. The van der Waals surface area contributed by atoms with Crippen LogP contribution in [0.25, 0.3) is 0 Å². The van der Waals surface area contributed by atoms with Gasteiger partial charge < -0.3 is 5.11 Å². The number of aromatic nitrogens is 2. The average Bonchev–Trinajstić information content (AvgIpc) is 2.69. The number of H-pyrrole nitrogens is 1. The molecule has 0 fully saturated rings. The molecule has 1 aromatic heterocycles. The number of hydrogen-bond donors (Lipinski definition) is 2. The van der Waals surface area contributed by atoms with Gasteiger partial charge in [-0.15, -0.1) is 0 Å². The van der Waals surface area contributed by atoms with E-state index in [9.17, 15) is 9.18 Å². The third kappa shape index (κ3) is 2.08. The Morgan fingerprint density at radius 2 is 2.06 bits per heavy atom. The van der Waals surface area contributed by atoms with Gasteiger partial charge in [-0.2, -0.15) is 5.10 Å². The molecule has 4 nitrogen and oxygen atoms in total. The molecule has 2 N–H and O–H groups in total. The number of carbonyl (C=O) groups is 1. The van der Waals surface area contributed by atoms with E-state index in [2.05, 4.69) is 10.2 Å². The lowest BCUT2D eigenvalue weighted by atomic mass is 10.1. The van der Waals surface area contributed by atoms with Crippen molar-refractivity contribution < 1.29 is 14.3 Å². The number of aromatic amines is 1. The van der Waals surface area contributed by atoms with Crippen molar-refractivity contribution in [1.82, 2.24) is 10.2 Å². The number of hydrogen-bond acceptors (Lipinski definition) is 2. The summed E-state index contributed by atoms with van der Waals surface area (Å²) in [5.41, 5.74) is 1.49. The van der Waals surface area contributed by atoms with Crippen LogP contribution in [0.4, 0.5) is 4.39 Å². The molecule has 16 heavy (non-hydrogen) atoms. The van der Waals surface area contributed by atoms with E-state index in [1.54, 1.807) is 12.1 Å². The van der Waals surface area contributed by atoms with Crippen molar-refractivity contribution in [3.8, 4) is 0 Å². The summed E-state index contributed by atoms with van der Waals surface area (Å²) in [6, 6.07) is 5.92. The molecular weight excluding hydrogens is 211 g/mol. The minimum atomic E-state index is -1.05. The molecule has 0 radical (unpaired) electrons. The molecule has 1 aromatic carbocycles. The van der Waals surface area contributed by atoms with Gasteiger partial charge in [0.1, 0.15) is 11.5 Å². The lowest BCUT2D eigenvalue weighted by Crippen LogP contribution is -2.01. The second kappa shape index (κ2) is 4.14. The summed E-state index contributed by atoms with van der Waals surface area (Å²) >= 11 is 0. The highest BCUT2D eigenvalue weighted by Gasteiger charge is 2.12. The fraction of sp³-hybridized carbons (Fsp3) is 0.0909. The molecule has 2 rings (SSSR count). The first kappa shape index (κ1) is 10.4. The van der Waals surface area contributed by atoms with Crippen molar-refractivity contribution in [2.24, 2.45) is 0 Å². The van der Waals surface area contributed by atoms with Gasteiger partial charge in [0, 0.05) is 12.0 Å². The number of carboxylic acid groups (broad SMARTS) is 1. The number of nitrogens with zero attached hydrogens (tertiary/aromatic N) is 1. The summed E-state index contributed by atoms with van der Waals surface area (Å²) in [4.78, 5) is 10.8. The summed E-state index contributed by atoms with van der Waals surface area (Å²) in [7, 11) is 0. The Bertz CT molecular complexity index is 505. The Kier molecular flexibility index (Phi) is 2.68.